The zero-order valence-electron chi connectivity index (χ0n) is 15.3. The van der Waals surface area contributed by atoms with E-state index in [1.54, 1.807) is 11.8 Å². The van der Waals surface area contributed by atoms with E-state index in [4.69, 9.17) is 16.1 Å². The molecule has 1 N–H and O–H groups in total. The largest absolute Gasteiger partial charge is 0.334 e. The van der Waals surface area contributed by atoms with Crippen molar-refractivity contribution in [2.75, 3.05) is 17.8 Å². The predicted octanol–water partition coefficient (Wildman–Crippen LogP) is 3.19. The molecule has 0 bridgehead atoms. The molecule has 1 fully saturated rings. The highest BCUT2D eigenvalue weighted by Crippen LogP contribution is 2.33. The van der Waals surface area contributed by atoms with E-state index < -0.39 is 10.0 Å². The number of carbonyl (C=O) groups is 1. The van der Waals surface area contributed by atoms with E-state index in [0.717, 1.165) is 12.8 Å². The lowest BCUT2D eigenvalue weighted by molar-refractivity contribution is 0.0743. The van der Waals surface area contributed by atoms with Gasteiger partial charge in [0.25, 0.3) is 10.0 Å². The molecule has 9 nitrogen and oxygen atoms in total. The maximum atomic E-state index is 12.7. The van der Waals surface area contributed by atoms with Crippen molar-refractivity contribution in [3.8, 4) is 10.7 Å². The lowest BCUT2D eigenvalue weighted by atomic mass is 10.4. The molecule has 0 radical (unpaired) electrons. The Balaban J connectivity index is 1.57. The molecule has 0 aliphatic carbocycles. The highest BCUT2D eigenvalue weighted by Gasteiger charge is 2.27. The number of aryl methyl sites for hydroxylation is 1. The molecule has 3 aromatic heterocycles. The van der Waals surface area contributed by atoms with E-state index in [2.05, 4.69) is 19.8 Å². The Morgan fingerprint density at radius 3 is 2.76 bits per heavy atom. The highest BCUT2D eigenvalue weighted by molar-refractivity contribution is 7.93. The van der Waals surface area contributed by atoms with Crippen molar-refractivity contribution < 1.29 is 17.7 Å². The highest BCUT2D eigenvalue weighted by atomic mass is 35.5. The summed E-state index contributed by atoms with van der Waals surface area (Å²) in [4.78, 5) is 23.2. The normalized spacial score (nSPS) is 14.3. The van der Waals surface area contributed by atoms with E-state index in [1.807, 2.05) is 0 Å². The number of aromatic nitrogens is 3. The minimum absolute atomic E-state index is 0.0754. The van der Waals surface area contributed by atoms with Crippen molar-refractivity contribution in [1.82, 2.24) is 20.0 Å². The first-order valence-electron chi connectivity index (χ1n) is 8.72. The van der Waals surface area contributed by atoms with Gasteiger partial charge in [-0.1, -0.05) is 16.8 Å². The number of hydrogen-bond acceptors (Lipinski definition) is 8. The number of nitrogens with one attached hydrogen (secondary N) is 1. The van der Waals surface area contributed by atoms with Crippen molar-refractivity contribution in [1.29, 1.82) is 0 Å². The molecule has 1 saturated heterocycles. The van der Waals surface area contributed by atoms with Crippen LogP contribution < -0.4 is 4.72 Å². The van der Waals surface area contributed by atoms with Crippen molar-refractivity contribution in [2.24, 2.45) is 0 Å². The Labute approximate surface area is 175 Å². The van der Waals surface area contributed by atoms with Crippen molar-refractivity contribution in [3.63, 3.8) is 0 Å². The molecule has 152 valence electrons. The summed E-state index contributed by atoms with van der Waals surface area (Å²) < 4.78 is 33.0. The quantitative estimate of drug-likeness (QED) is 0.630. The SMILES string of the molecule is Cc1sc(-c2noc(C(=O)N3CCCC3)n2)cc1S(=O)(=O)Nc1ccc(Cl)cn1. The van der Waals surface area contributed by atoms with Crippen LogP contribution in [0, 0.1) is 6.92 Å². The van der Waals surface area contributed by atoms with Crippen LogP contribution >= 0.6 is 22.9 Å². The third-order valence-corrected chi connectivity index (χ3v) is 7.23. The molecule has 12 heteroatoms. The first-order valence-corrected chi connectivity index (χ1v) is 11.4. The van der Waals surface area contributed by atoms with Gasteiger partial charge in [0.2, 0.25) is 5.82 Å². The van der Waals surface area contributed by atoms with Gasteiger partial charge in [0.05, 0.1) is 9.90 Å². The number of rotatable bonds is 5. The molecule has 3 aromatic rings. The zero-order chi connectivity index (χ0) is 20.6. The molecule has 0 aromatic carbocycles. The maximum Gasteiger partial charge on any atom is 0.316 e. The number of halogens is 1. The van der Waals surface area contributed by atoms with Gasteiger partial charge >= 0.3 is 11.8 Å². The molecular weight excluding hydrogens is 438 g/mol. The van der Waals surface area contributed by atoms with Gasteiger partial charge < -0.3 is 9.42 Å². The summed E-state index contributed by atoms with van der Waals surface area (Å²) in [6, 6.07) is 4.46. The molecule has 1 aliphatic rings. The summed E-state index contributed by atoms with van der Waals surface area (Å²) in [7, 11) is -3.87. The first-order chi connectivity index (χ1) is 13.8. The number of pyridine rings is 1. The second-order valence-corrected chi connectivity index (χ2v) is 9.76. The number of thiophene rings is 1. The van der Waals surface area contributed by atoms with Crippen molar-refractivity contribution in [2.45, 2.75) is 24.7 Å². The van der Waals surface area contributed by atoms with Gasteiger partial charge in [-0.15, -0.1) is 11.3 Å². The van der Waals surface area contributed by atoms with Crippen LogP contribution in [0.2, 0.25) is 5.02 Å². The van der Waals surface area contributed by atoms with Crippen LogP contribution in [0.15, 0.2) is 33.8 Å². The Kier molecular flexibility index (Phi) is 5.28. The molecule has 1 aliphatic heterocycles. The number of likely N-dealkylation sites (tertiary alicyclic amines) is 1. The zero-order valence-corrected chi connectivity index (χ0v) is 17.6. The number of carbonyl (C=O) groups excluding carboxylic acids is 1. The summed E-state index contributed by atoms with van der Waals surface area (Å²) in [6.45, 7) is 3.01. The van der Waals surface area contributed by atoms with Crippen LogP contribution in [0.5, 0.6) is 0 Å². The Bertz CT molecular complexity index is 1150. The predicted molar refractivity (Wildman–Crippen MR) is 108 cm³/mol. The Morgan fingerprint density at radius 2 is 2.07 bits per heavy atom. The van der Waals surface area contributed by atoms with E-state index in [1.165, 1.54) is 35.7 Å². The molecule has 4 heterocycles. The van der Waals surface area contributed by atoms with E-state index >= 15 is 0 Å². The molecule has 4 rings (SSSR count). The number of sulfonamides is 1. The summed E-state index contributed by atoms with van der Waals surface area (Å²) in [5.41, 5.74) is 0. The van der Waals surface area contributed by atoms with Gasteiger partial charge in [0.1, 0.15) is 10.7 Å². The lowest BCUT2D eigenvalue weighted by Crippen LogP contribution is -2.27. The fourth-order valence-corrected chi connectivity index (χ4v) is 5.58. The van der Waals surface area contributed by atoms with Gasteiger partial charge in [0, 0.05) is 24.2 Å². The molecule has 1 amide bonds. The standard InChI is InChI=1S/C17H16ClN5O4S2/c1-10-13(29(25,26)22-14-5-4-11(18)9-19-14)8-12(28-10)15-20-16(27-21-15)17(24)23-6-2-3-7-23/h4-5,8-9H,2-3,6-7H2,1H3,(H,19,22). The lowest BCUT2D eigenvalue weighted by Gasteiger charge is -2.10. The average molecular weight is 454 g/mol. The fourth-order valence-electron chi connectivity index (χ4n) is 2.94. The minimum Gasteiger partial charge on any atom is -0.334 e. The molecule has 0 saturated carbocycles. The van der Waals surface area contributed by atoms with Crippen molar-refractivity contribution >= 4 is 44.7 Å². The molecule has 0 atom stereocenters. The fraction of sp³-hybridized carbons (Fsp3) is 0.294. The van der Waals surface area contributed by atoms with Crippen LogP contribution in [0.1, 0.15) is 28.4 Å². The van der Waals surface area contributed by atoms with Gasteiger partial charge in [-0.05, 0) is 38.0 Å². The smallest absolute Gasteiger partial charge is 0.316 e. The van der Waals surface area contributed by atoms with E-state index in [0.29, 0.717) is 27.9 Å². The Hall–Kier alpha value is -2.50. The Morgan fingerprint density at radius 1 is 1.31 bits per heavy atom. The number of anilines is 1. The minimum atomic E-state index is -3.87. The van der Waals surface area contributed by atoms with Crippen LogP contribution in [0.3, 0.4) is 0 Å². The summed E-state index contributed by atoms with van der Waals surface area (Å²) in [6.07, 6.45) is 3.25. The van der Waals surface area contributed by atoms with Crippen molar-refractivity contribution in [3.05, 3.63) is 40.2 Å². The molecule has 29 heavy (non-hydrogen) atoms. The monoisotopic (exact) mass is 453 g/mol. The summed E-state index contributed by atoms with van der Waals surface area (Å²) in [5, 5.41) is 4.24. The first kappa shape index (κ1) is 19.8. The van der Waals surface area contributed by atoms with Crippen LogP contribution in [0.25, 0.3) is 10.7 Å². The average Bonchev–Trinajstić information content (AvgIpc) is 3.43. The van der Waals surface area contributed by atoms with Crippen LogP contribution in [-0.2, 0) is 10.0 Å². The van der Waals surface area contributed by atoms with E-state index in [-0.39, 0.29) is 28.3 Å². The maximum absolute atomic E-state index is 12.7. The summed E-state index contributed by atoms with van der Waals surface area (Å²) >= 11 is 6.97. The third kappa shape index (κ3) is 4.11. The second kappa shape index (κ2) is 7.73. The van der Waals surface area contributed by atoms with Crippen LogP contribution in [0.4, 0.5) is 5.82 Å². The molecular formula is C17H16ClN5O4S2. The molecule has 0 spiro atoms. The molecule has 0 unspecified atom stereocenters. The topological polar surface area (TPSA) is 118 Å². The third-order valence-electron chi connectivity index (χ3n) is 4.35. The number of hydrogen-bond donors (Lipinski definition) is 1. The van der Waals surface area contributed by atoms with E-state index in [9.17, 15) is 13.2 Å². The van der Waals surface area contributed by atoms with Gasteiger partial charge in [-0.3, -0.25) is 9.52 Å². The van der Waals surface area contributed by atoms with Crippen LogP contribution in [-0.4, -0.2) is 47.4 Å². The van der Waals surface area contributed by atoms with Gasteiger partial charge in [0.15, 0.2) is 0 Å². The van der Waals surface area contributed by atoms with Gasteiger partial charge in [-0.25, -0.2) is 13.4 Å². The second-order valence-electron chi connectivity index (χ2n) is 6.42. The summed E-state index contributed by atoms with van der Waals surface area (Å²) in [5.74, 6) is -0.0787. The number of nitrogens with zero attached hydrogens (tertiary/aromatic N) is 4. The van der Waals surface area contributed by atoms with Gasteiger partial charge in [-0.2, -0.15) is 4.98 Å². The number of amides is 1.